The summed E-state index contributed by atoms with van der Waals surface area (Å²) in [7, 11) is 0. The van der Waals surface area contributed by atoms with Crippen molar-refractivity contribution >= 4 is 0 Å². The van der Waals surface area contributed by atoms with E-state index in [0.29, 0.717) is 18.7 Å². The van der Waals surface area contributed by atoms with Crippen LogP contribution in [0.25, 0.3) is 0 Å². The normalized spacial score (nSPS) is 15.7. The summed E-state index contributed by atoms with van der Waals surface area (Å²) < 4.78 is 1.54. The summed E-state index contributed by atoms with van der Waals surface area (Å²) in [5.74, 6) is 0. The quantitative estimate of drug-likeness (QED) is 0.689. The number of rotatable bonds is 4. The summed E-state index contributed by atoms with van der Waals surface area (Å²) in [6.45, 7) is 3.93. The summed E-state index contributed by atoms with van der Waals surface area (Å²) in [5.41, 5.74) is -0.243. The monoisotopic (exact) mass is 185 g/mol. The van der Waals surface area contributed by atoms with Crippen molar-refractivity contribution in [3.05, 3.63) is 11.9 Å². The first-order valence-electron chi connectivity index (χ1n) is 4.29. The Hall–Kier alpha value is -0.940. The maximum atomic E-state index is 9.71. The molecule has 1 aromatic rings. The molecule has 2 N–H and O–H groups in total. The highest BCUT2D eigenvalue weighted by molar-refractivity contribution is 4.89. The predicted molar refractivity (Wildman–Crippen MR) is 46.9 cm³/mol. The lowest BCUT2D eigenvalue weighted by molar-refractivity contribution is 0.0339. The first-order chi connectivity index (χ1) is 6.07. The molecule has 5 heteroatoms. The number of aliphatic hydroxyl groups is 2. The Morgan fingerprint density at radius 2 is 2.31 bits per heavy atom. The van der Waals surface area contributed by atoms with Crippen LogP contribution in [0.3, 0.4) is 0 Å². The molecular weight excluding hydrogens is 170 g/mol. The first kappa shape index (κ1) is 10.1. The van der Waals surface area contributed by atoms with Gasteiger partial charge in [0, 0.05) is 0 Å². The third-order valence-corrected chi connectivity index (χ3v) is 2.01. The fourth-order valence-corrected chi connectivity index (χ4v) is 0.949. The van der Waals surface area contributed by atoms with Crippen LogP contribution < -0.4 is 0 Å². The molecule has 0 aliphatic carbocycles. The number of aliphatic hydroxyl groups excluding tert-OH is 1. The van der Waals surface area contributed by atoms with Gasteiger partial charge >= 0.3 is 0 Å². The molecule has 0 radical (unpaired) electrons. The van der Waals surface area contributed by atoms with Crippen LogP contribution in [0.5, 0.6) is 0 Å². The molecule has 0 fully saturated rings. The zero-order chi connectivity index (χ0) is 9.90. The Labute approximate surface area is 77.0 Å². The molecule has 0 saturated carbocycles. The van der Waals surface area contributed by atoms with E-state index in [-0.39, 0.29) is 6.61 Å². The van der Waals surface area contributed by atoms with Gasteiger partial charge in [-0.15, -0.1) is 5.10 Å². The van der Waals surface area contributed by atoms with E-state index in [4.69, 9.17) is 5.11 Å². The van der Waals surface area contributed by atoms with Gasteiger partial charge in [-0.25, -0.2) is 4.68 Å². The minimum atomic E-state index is -0.763. The molecule has 13 heavy (non-hydrogen) atoms. The van der Waals surface area contributed by atoms with E-state index in [1.165, 1.54) is 4.68 Å². The Balaban J connectivity index is 2.63. The highest BCUT2D eigenvalue weighted by atomic mass is 16.3. The number of nitrogens with zero attached hydrogens (tertiary/aromatic N) is 3. The summed E-state index contributed by atoms with van der Waals surface area (Å²) in [5, 5.41) is 25.9. The summed E-state index contributed by atoms with van der Waals surface area (Å²) >= 11 is 0. The van der Waals surface area contributed by atoms with Crippen molar-refractivity contribution in [1.29, 1.82) is 0 Å². The van der Waals surface area contributed by atoms with Crippen LogP contribution in [-0.4, -0.2) is 30.8 Å². The Bertz CT molecular complexity index is 270. The second-order valence-electron chi connectivity index (χ2n) is 3.42. The molecule has 0 aliphatic rings. The van der Waals surface area contributed by atoms with Gasteiger partial charge in [-0.05, 0) is 13.3 Å². The molecule has 1 aromatic heterocycles. The van der Waals surface area contributed by atoms with E-state index in [0.717, 1.165) is 0 Å². The van der Waals surface area contributed by atoms with Crippen molar-refractivity contribution in [3.63, 3.8) is 0 Å². The SMILES string of the molecule is CCC(C)(O)Cn1cc(CO)nn1. The van der Waals surface area contributed by atoms with E-state index < -0.39 is 5.60 Å². The number of hydrogen-bond donors (Lipinski definition) is 2. The van der Waals surface area contributed by atoms with Gasteiger partial charge in [0.2, 0.25) is 0 Å². The lowest BCUT2D eigenvalue weighted by Gasteiger charge is -2.20. The molecule has 0 amide bonds. The highest BCUT2D eigenvalue weighted by Gasteiger charge is 2.18. The maximum absolute atomic E-state index is 9.71. The topological polar surface area (TPSA) is 71.2 Å². The third kappa shape index (κ3) is 2.78. The third-order valence-electron chi connectivity index (χ3n) is 2.01. The minimum absolute atomic E-state index is 0.117. The molecule has 1 heterocycles. The lowest BCUT2D eigenvalue weighted by atomic mass is 10.0. The zero-order valence-electron chi connectivity index (χ0n) is 7.93. The molecule has 74 valence electrons. The zero-order valence-corrected chi connectivity index (χ0v) is 7.93. The van der Waals surface area contributed by atoms with E-state index in [9.17, 15) is 5.11 Å². The van der Waals surface area contributed by atoms with Crippen LogP contribution in [0.15, 0.2) is 6.20 Å². The van der Waals surface area contributed by atoms with Gasteiger partial charge in [0.05, 0.1) is 24.9 Å². The molecule has 0 bridgehead atoms. The van der Waals surface area contributed by atoms with Crippen LogP contribution in [0, 0.1) is 0 Å². The second-order valence-corrected chi connectivity index (χ2v) is 3.42. The molecule has 0 spiro atoms. The van der Waals surface area contributed by atoms with Gasteiger partial charge in [0.25, 0.3) is 0 Å². The summed E-state index contributed by atoms with van der Waals surface area (Å²) in [6.07, 6.45) is 2.28. The largest absolute Gasteiger partial charge is 0.390 e. The van der Waals surface area contributed by atoms with Gasteiger partial charge in [0.1, 0.15) is 5.69 Å². The van der Waals surface area contributed by atoms with Gasteiger partial charge in [-0.1, -0.05) is 12.1 Å². The van der Waals surface area contributed by atoms with E-state index >= 15 is 0 Å². The second kappa shape index (κ2) is 3.85. The average Bonchev–Trinajstić information content (AvgIpc) is 2.52. The molecule has 0 aromatic carbocycles. The van der Waals surface area contributed by atoms with Crippen LogP contribution in [0.1, 0.15) is 26.0 Å². The van der Waals surface area contributed by atoms with Crippen molar-refractivity contribution < 1.29 is 10.2 Å². The Kier molecular flexibility index (Phi) is 3.00. The summed E-state index contributed by atoms with van der Waals surface area (Å²) in [4.78, 5) is 0. The average molecular weight is 185 g/mol. The molecule has 1 atom stereocenters. The smallest absolute Gasteiger partial charge is 0.108 e. The molecule has 1 rings (SSSR count). The molecule has 5 nitrogen and oxygen atoms in total. The van der Waals surface area contributed by atoms with Crippen molar-refractivity contribution in [2.24, 2.45) is 0 Å². The fourth-order valence-electron chi connectivity index (χ4n) is 0.949. The molecule has 0 aliphatic heterocycles. The highest BCUT2D eigenvalue weighted by Crippen LogP contribution is 2.10. The number of hydrogen-bond acceptors (Lipinski definition) is 4. The lowest BCUT2D eigenvalue weighted by Crippen LogP contribution is -2.29. The van der Waals surface area contributed by atoms with Crippen LogP contribution in [-0.2, 0) is 13.2 Å². The van der Waals surface area contributed by atoms with Crippen molar-refractivity contribution in [1.82, 2.24) is 15.0 Å². The molecule has 0 saturated heterocycles. The molecular formula is C8H15N3O2. The Morgan fingerprint density at radius 1 is 1.62 bits per heavy atom. The van der Waals surface area contributed by atoms with Gasteiger partial charge in [-0.3, -0.25) is 0 Å². The van der Waals surface area contributed by atoms with Crippen molar-refractivity contribution in [2.75, 3.05) is 0 Å². The van der Waals surface area contributed by atoms with Crippen LogP contribution in [0.4, 0.5) is 0 Å². The van der Waals surface area contributed by atoms with Gasteiger partial charge < -0.3 is 10.2 Å². The standard InChI is InChI=1S/C8H15N3O2/c1-3-8(2,13)6-11-4-7(5-12)9-10-11/h4,12-13H,3,5-6H2,1-2H3. The Morgan fingerprint density at radius 3 is 2.77 bits per heavy atom. The number of aromatic nitrogens is 3. The predicted octanol–water partition coefficient (Wildman–Crippen LogP) is -0.0686. The maximum Gasteiger partial charge on any atom is 0.108 e. The van der Waals surface area contributed by atoms with Crippen LogP contribution in [0.2, 0.25) is 0 Å². The van der Waals surface area contributed by atoms with Gasteiger partial charge in [0.15, 0.2) is 0 Å². The minimum Gasteiger partial charge on any atom is -0.390 e. The van der Waals surface area contributed by atoms with E-state index in [1.54, 1.807) is 13.1 Å². The van der Waals surface area contributed by atoms with E-state index in [1.807, 2.05) is 6.92 Å². The first-order valence-corrected chi connectivity index (χ1v) is 4.29. The molecule has 1 unspecified atom stereocenters. The van der Waals surface area contributed by atoms with Crippen LogP contribution >= 0.6 is 0 Å². The summed E-state index contributed by atoms with van der Waals surface area (Å²) in [6, 6.07) is 0. The van der Waals surface area contributed by atoms with Crippen molar-refractivity contribution in [3.8, 4) is 0 Å². The fraction of sp³-hybridized carbons (Fsp3) is 0.750. The van der Waals surface area contributed by atoms with E-state index in [2.05, 4.69) is 10.3 Å². The van der Waals surface area contributed by atoms with Gasteiger partial charge in [-0.2, -0.15) is 0 Å². The van der Waals surface area contributed by atoms with Crippen molar-refractivity contribution in [2.45, 2.75) is 39.0 Å².